The number of hydrogen-bond donors (Lipinski definition) is 2. The zero-order valence-electron chi connectivity index (χ0n) is 7.62. The van der Waals surface area contributed by atoms with E-state index in [1.807, 2.05) is 22.9 Å². The average Bonchev–Trinajstić information content (AvgIpc) is 2.68. The number of amides is 1. The first kappa shape index (κ1) is 10.5. The van der Waals surface area contributed by atoms with Crippen LogP contribution in [0.4, 0.5) is 5.69 Å². The summed E-state index contributed by atoms with van der Waals surface area (Å²) in [6.45, 7) is 0.669. The van der Waals surface area contributed by atoms with Gasteiger partial charge in [-0.25, -0.2) is 0 Å². The predicted octanol–water partition coefficient (Wildman–Crippen LogP) is 1.19. The van der Waals surface area contributed by atoms with Crippen molar-refractivity contribution in [2.75, 3.05) is 18.4 Å². The summed E-state index contributed by atoms with van der Waals surface area (Å²) >= 11 is 1.58. The van der Waals surface area contributed by atoms with Crippen LogP contribution < -0.4 is 10.6 Å². The summed E-state index contributed by atoms with van der Waals surface area (Å²) in [6, 6.07) is 3.87. The van der Waals surface area contributed by atoms with Crippen molar-refractivity contribution in [2.24, 2.45) is 0 Å². The Labute approximate surface area is 86.6 Å². The van der Waals surface area contributed by atoms with Crippen LogP contribution >= 0.6 is 11.3 Å². The highest BCUT2D eigenvalue weighted by Crippen LogP contribution is 2.10. The van der Waals surface area contributed by atoms with Gasteiger partial charge in [0.25, 0.3) is 0 Å². The normalized spacial score (nSPS) is 9.07. The summed E-state index contributed by atoms with van der Waals surface area (Å²) in [7, 11) is 0. The molecule has 1 rings (SSSR count). The monoisotopic (exact) mass is 209 g/mol. The molecule has 0 aromatic carbocycles. The summed E-state index contributed by atoms with van der Waals surface area (Å²) in [6.07, 6.45) is 0.351. The molecule has 0 fully saturated rings. The van der Waals surface area contributed by atoms with Gasteiger partial charge in [-0.15, -0.1) is 0 Å². The molecule has 0 atom stereocenters. The predicted molar refractivity (Wildman–Crippen MR) is 56.0 cm³/mol. The molecule has 1 aromatic heterocycles. The molecule has 0 aliphatic carbocycles. The Balaban J connectivity index is 2.13. The van der Waals surface area contributed by atoms with Crippen molar-refractivity contribution < 1.29 is 4.79 Å². The molecule has 74 valence electrons. The molecule has 0 radical (unpaired) electrons. The number of nitrogens with zero attached hydrogens (tertiary/aromatic N) is 1. The van der Waals surface area contributed by atoms with Crippen molar-refractivity contribution in [3.63, 3.8) is 0 Å². The zero-order valence-corrected chi connectivity index (χ0v) is 8.43. The van der Waals surface area contributed by atoms with Crippen LogP contribution in [0.5, 0.6) is 0 Å². The Kier molecular flexibility index (Phi) is 4.51. The van der Waals surface area contributed by atoms with E-state index >= 15 is 0 Å². The van der Waals surface area contributed by atoms with E-state index in [1.54, 1.807) is 11.3 Å². The van der Waals surface area contributed by atoms with Crippen LogP contribution in [-0.4, -0.2) is 19.0 Å². The minimum absolute atomic E-state index is 0.0912. The van der Waals surface area contributed by atoms with Crippen LogP contribution in [0.15, 0.2) is 16.8 Å². The number of rotatable bonds is 5. The van der Waals surface area contributed by atoms with Gasteiger partial charge in [0.2, 0.25) is 5.91 Å². The number of anilines is 1. The lowest BCUT2D eigenvalue weighted by Crippen LogP contribution is -2.30. The average molecular weight is 209 g/mol. The number of carbonyl (C=O) groups is 1. The third-order valence-corrected chi connectivity index (χ3v) is 2.22. The molecule has 0 spiro atoms. The molecule has 0 bridgehead atoms. The third kappa shape index (κ3) is 3.92. The number of nitriles is 1. The topological polar surface area (TPSA) is 64.9 Å². The summed E-state index contributed by atoms with van der Waals surface area (Å²) in [4.78, 5) is 11.1. The maximum atomic E-state index is 11.1. The first-order valence-corrected chi connectivity index (χ1v) is 5.17. The van der Waals surface area contributed by atoms with Crippen LogP contribution in [-0.2, 0) is 4.79 Å². The van der Waals surface area contributed by atoms with Gasteiger partial charge < -0.3 is 10.6 Å². The fourth-order valence-corrected chi connectivity index (χ4v) is 1.48. The van der Waals surface area contributed by atoms with Crippen LogP contribution in [0.25, 0.3) is 0 Å². The van der Waals surface area contributed by atoms with E-state index in [2.05, 4.69) is 10.6 Å². The van der Waals surface area contributed by atoms with Gasteiger partial charge in [0.1, 0.15) is 0 Å². The Bertz CT molecular complexity index is 315. The maximum Gasteiger partial charge on any atom is 0.239 e. The van der Waals surface area contributed by atoms with Crippen LogP contribution in [0.1, 0.15) is 6.42 Å². The Morgan fingerprint density at radius 2 is 2.50 bits per heavy atom. The Hall–Kier alpha value is -1.54. The van der Waals surface area contributed by atoms with Gasteiger partial charge >= 0.3 is 0 Å². The second-order valence-electron chi connectivity index (χ2n) is 2.62. The van der Waals surface area contributed by atoms with Gasteiger partial charge in [0.15, 0.2) is 0 Å². The Morgan fingerprint density at radius 3 is 3.14 bits per heavy atom. The molecule has 0 aliphatic rings. The van der Waals surface area contributed by atoms with E-state index in [0.717, 1.165) is 5.69 Å². The van der Waals surface area contributed by atoms with Crippen LogP contribution in [0.3, 0.4) is 0 Å². The molecule has 0 saturated carbocycles. The first-order valence-electron chi connectivity index (χ1n) is 4.22. The second kappa shape index (κ2) is 6.00. The summed E-state index contributed by atoms with van der Waals surface area (Å²) in [5.74, 6) is -0.0912. The summed E-state index contributed by atoms with van der Waals surface area (Å²) < 4.78 is 0. The number of nitrogens with one attached hydrogen (secondary N) is 2. The van der Waals surface area contributed by atoms with E-state index in [0.29, 0.717) is 13.0 Å². The van der Waals surface area contributed by atoms with Crippen LogP contribution in [0.2, 0.25) is 0 Å². The molecular weight excluding hydrogens is 198 g/mol. The third-order valence-electron chi connectivity index (χ3n) is 1.53. The van der Waals surface area contributed by atoms with E-state index in [-0.39, 0.29) is 12.5 Å². The van der Waals surface area contributed by atoms with Gasteiger partial charge in [-0.3, -0.25) is 4.79 Å². The molecule has 1 heterocycles. The highest BCUT2D eigenvalue weighted by molar-refractivity contribution is 7.08. The lowest BCUT2D eigenvalue weighted by molar-refractivity contribution is -0.119. The lowest BCUT2D eigenvalue weighted by Gasteiger charge is -2.03. The summed E-state index contributed by atoms with van der Waals surface area (Å²) in [5, 5.41) is 17.7. The first-order chi connectivity index (χ1) is 6.83. The zero-order chi connectivity index (χ0) is 10.2. The molecule has 2 N–H and O–H groups in total. The maximum absolute atomic E-state index is 11.1. The van der Waals surface area contributed by atoms with Gasteiger partial charge in [0.05, 0.1) is 19.0 Å². The quantitative estimate of drug-likeness (QED) is 0.716. The van der Waals surface area contributed by atoms with Crippen molar-refractivity contribution >= 4 is 22.9 Å². The van der Waals surface area contributed by atoms with Gasteiger partial charge in [-0.2, -0.15) is 16.6 Å². The molecule has 0 saturated heterocycles. The van der Waals surface area contributed by atoms with Crippen molar-refractivity contribution in [1.82, 2.24) is 5.32 Å². The number of hydrogen-bond acceptors (Lipinski definition) is 4. The molecule has 1 aromatic rings. The fourth-order valence-electron chi connectivity index (χ4n) is 0.868. The van der Waals surface area contributed by atoms with E-state index in [1.165, 1.54) is 0 Å². The van der Waals surface area contributed by atoms with Gasteiger partial charge in [0, 0.05) is 17.6 Å². The van der Waals surface area contributed by atoms with E-state index in [4.69, 9.17) is 5.26 Å². The second-order valence-corrected chi connectivity index (χ2v) is 3.40. The van der Waals surface area contributed by atoms with E-state index < -0.39 is 0 Å². The van der Waals surface area contributed by atoms with Crippen molar-refractivity contribution in [2.45, 2.75) is 6.42 Å². The minimum atomic E-state index is -0.0912. The summed E-state index contributed by atoms with van der Waals surface area (Å²) in [5.41, 5.74) is 0.949. The Morgan fingerprint density at radius 1 is 1.64 bits per heavy atom. The highest BCUT2D eigenvalue weighted by atomic mass is 32.1. The fraction of sp³-hybridized carbons (Fsp3) is 0.333. The number of thiophene rings is 1. The van der Waals surface area contributed by atoms with Gasteiger partial charge in [-0.1, -0.05) is 0 Å². The minimum Gasteiger partial charge on any atom is -0.375 e. The molecule has 5 heteroatoms. The van der Waals surface area contributed by atoms with Gasteiger partial charge in [-0.05, 0) is 11.4 Å². The standard InChI is InChI=1S/C9H11N3OS/c10-3-1-4-11-9(13)6-12-8-2-5-14-7-8/h2,5,7,12H,1,4,6H2,(H,11,13). The van der Waals surface area contributed by atoms with E-state index in [9.17, 15) is 4.79 Å². The van der Waals surface area contributed by atoms with Crippen molar-refractivity contribution in [1.29, 1.82) is 5.26 Å². The number of carbonyl (C=O) groups excluding carboxylic acids is 1. The molecular formula is C9H11N3OS. The SMILES string of the molecule is N#CCCNC(=O)CNc1ccsc1. The lowest BCUT2D eigenvalue weighted by atomic mass is 10.4. The van der Waals surface area contributed by atoms with Crippen LogP contribution in [0, 0.1) is 11.3 Å². The highest BCUT2D eigenvalue weighted by Gasteiger charge is 1.99. The molecule has 0 aliphatic heterocycles. The van der Waals surface area contributed by atoms with Crippen molar-refractivity contribution in [3.05, 3.63) is 16.8 Å². The largest absolute Gasteiger partial charge is 0.375 e. The van der Waals surface area contributed by atoms with Crippen molar-refractivity contribution in [3.8, 4) is 6.07 Å². The molecule has 14 heavy (non-hydrogen) atoms. The molecule has 4 nitrogen and oxygen atoms in total. The molecule has 1 amide bonds. The molecule has 0 unspecified atom stereocenters. The smallest absolute Gasteiger partial charge is 0.239 e.